The summed E-state index contributed by atoms with van der Waals surface area (Å²) in [6.45, 7) is 0.321. The number of ketones is 1. The molecule has 2 unspecified atom stereocenters. The standard InChI is InChI=1S/C33H30N2O4/c1-38-31-15-11-20-16-21(10-14-30(20)34-31)32(36)22-17-23-12-13-24(18-22)35(23)33(37)39-19-29-27-8-4-2-6-25(27)26-7-3-5-9-28(26)29/h2-11,14-16,22-24,29H,12-13,17-19H2,1H3. The Balaban J connectivity index is 1.04. The summed E-state index contributed by atoms with van der Waals surface area (Å²) >= 11 is 0. The zero-order valence-electron chi connectivity index (χ0n) is 21.9. The molecule has 2 bridgehead atoms. The zero-order valence-corrected chi connectivity index (χ0v) is 21.9. The normalized spacial score (nSPS) is 21.5. The molecule has 1 aliphatic carbocycles. The third-order valence-electron chi connectivity index (χ3n) is 8.81. The van der Waals surface area contributed by atoms with E-state index in [1.165, 1.54) is 22.3 Å². The second-order valence-electron chi connectivity index (χ2n) is 10.9. The molecule has 196 valence electrons. The summed E-state index contributed by atoms with van der Waals surface area (Å²) in [6, 6.07) is 26.2. The van der Waals surface area contributed by atoms with Gasteiger partial charge in [0.25, 0.3) is 0 Å². The number of amides is 1. The van der Waals surface area contributed by atoms with Gasteiger partial charge < -0.3 is 14.4 Å². The van der Waals surface area contributed by atoms with Crippen LogP contribution in [-0.4, -0.2) is 47.6 Å². The van der Waals surface area contributed by atoms with Crippen molar-refractivity contribution in [2.75, 3.05) is 13.7 Å². The van der Waals surface area contributed by atoms with Crippen molar-refractivity contribution >= 4 is 22.8 Å². The minimum absolute atomic E-state index is 0.0414. The second-order valence-corrected chi connectivity index (χ2v) is 10.9. The Kier molecular flexibility index (Phi) is 5.84. The van der Waals surface area contributed by atoms with Crippen molar-refractivity contribution in [2.24, 2.45) is 5.92 Å². The first-order valence-corrected chi connectivity index (χ1v) is 13.7. The molecular weight excluding hydrogens is 488 g/mol. The molecule has 2 fully saturated rings. The van der Waals surface area contributed by atoms with E-state index in [0.717, 1.165) is 23.7 Å². The maximum atomic E-state index is 13.5. The Hall–Kier alpha value is -4.19. The van der Waals surface area contributed by atoms with Crippen molar-refractivity contribution in [3.05, 3.63) is 95.6 Å². The lowest BCUT2D eigenvalue weighted by Gasteiger charge is -2.37. The van der Waals surface area contributed by atoms with Crippen LogP contribution in [0.5, 0.6) is 5.88 Å². The maximum Gasteiger partial charge on any atom is 0.410 e. The molecule has 0 radical (unpaired) electrons. The van der Waals surface area contributed by atoms with E-state index in [-0.39, 0.29) is 35.8 Å². The number of hydrogen-bond donors (Lipinski definition) is 0. The van der Waals surface area contributed by atoms with E-state index < -0.39 is 0 Å². The van der Waals surface area contributed by atoms with Gasteiger partial charge in [0.2, 0.25) is 5.88 Å². The first kappa shape index (κ1) is 23.9. The maximum absolute atomic E-state index is 13.5. The van der Waals surface area contributed by atoms with Crippen LogP contribution in [0.2, 0.25) is 0 Å². The van der Waals surface area contributed by atoms with Crippen LogP contribution in [0, 0.1) is 5.92 Å². The molecule has 0 saturated carbocycles. The van der Waals surface area contributed by atoms with Crippen LogP contribution >= 0.6 is 0 Å². The topological polar surface area (TPSA) is 68.7 Å². The van der Waals surface area contributed by atoms with E-state index in [0.29, 0.717) is 30.9 Å². The number of Topliss-reactive ketones (excluding diaryl/α,β-unsaturated/α-hetero) is 1. The van der Waals surface area contributed by atoms with E-state index in [4.69, 9.17) is 9.47 Å². The minimum atomic E-state index is -0.249. The summed E-state index contributed by atoms with van der Waals surface area (Å²) in [7, 11) is 1.59. The number of aromatic nitrogens is 1. The van der Waals surface area contributed by atoms with Crippen molar-refractivity contribution in [2.45, 2.75) is 43.7 Å². The molecule has 3 aliphatic rings. The lowest BCUT2D eigenvalue weighted by atomic mass is 9.84. The van der Waals surface area contributed by atoms with Gasteiger partial charge in [0.15, 0.2) is 5.78 Å². The SMILES string of the molecule is COc1ccc2cc(C(=O)C3CC4CCC(C3)N4C(=O)OCC3c4ccccc4-c4ccccc43)ccc2n1. The third-order valence-corrected chi connectivity index (χ3v) is 8.81. The molecule has 1 aromatic heterocycles. The monoisotopic (exact) mass is 518 g/mol. The molecule has 3 aromatic carbocycles. The van der Waals surface area contributed by atoms with Gasteiger partial charge in [-0.1, -0.05) is 48.5 Å². The summed E-state index contributed by atoms with van der Waals surface area (Å²) in [6.07, 6.45) is 2.94. The highest BCUT2D eigenvalue weighted by Crippen LogP contribution is 2.45. The fourth-order valence-corrected chi connectivity index (χ4v) is 6.97. The van der Waals surface area contributed by atoms with Gasteiger partial charge in [-0.15, -0.1) is 0 Å². The number of ether oxygens (including phenoxy) is 2. The number of piperidine rings is 1. The molecule has 6 heteroatoms. The van der Waals surface area contributed by atoms with E-state index in [9.17, 15) is 9.59 Å². The van der Waals surface area contributed by atoms with Gasteiger partial charge in [-0.05, 0) is 72.2 Å². The van der Waals surface area contributed by atoms with E-state index in [1.54, 1.807) is 7.11 Å². The van der Waals surface area contributed by atoms with Crippen LogP contribution in [0.1, 0.15) is 53.1 Å². The lowest BCUT2D eigenvalue weighted by Crippen LogP contribution is -2.48. The second kappa shape index (κ2) is 9.53. The first-order valence-electron chi connectivity index (χ1n) is 13.7. The van der Waals surface area contributed by atoms with Gasteiger partial charge in [-0.25, -0.2) is 9.78 Å². The van der Waals surface area contributed by atoms with Crippen molar-refractivity contribution in [3.63, 3.8) is 0 Å². The van der Waals surface area contributed by atoms with E-state index in [1.807, 2.05) is 47.4 Å². The van der Waals surface area contributed by atoms with Gasteiger partial charge in [-0.2, -0.15) is 0 Å². The molecule has 2 atom stereocenters. The number of methoxy groups -OCH3 is 1. The average Bonchev–Trinajstić information content (AvgIpc) is 3.45. The Labute approximate surface area is 227 Å². The summed E-state index contributed by atoms with van der Waals surface area (Å²) < 4.78 is 11.2. The summed E-state index contributed by atoms with van der Waals surface area (Å²) in [5.41, 5.74) is 6.37. The summed E-state index contributed by atoms with van der Waals surface area (Å²) in [5.74, 6) is 0.653. The zero-order chi connectivity index (χ0) is 26.5. The number of nitrogens with zero attached hydrogens (tertiary/aromatic N) is 2. The Morgan fingerprint density at radius 3 is 2.21 bits per heavy atom. The number of fused-ring (bicyclic) bond motifs is 6. The Morgan fingerprint density at radius 2 is 1.54 bits per heavy atom. The summed E-state index contributed by atoms with van der Waals surface area (Å²) in [5, 5.41) is 0.917. The van der Waals surface area contributed by atoms with Gasteiger partial charge in [0.05, 0.1) is 12.6 Å². The largest absolute Gasteiger partial charge is 0.481 e. The Bertz CT molecular complexity index is 1540. The average molecular weight is 519 g/mol. The number of benzene rings is 3. The highest BCUT2D eigenvalue weighted by atomic mass is 16.6. The molecule has 39 heavy (non-hydrogen) atoms. The van der Waals surface area contributed by atoms with Crippen LogP contribution < -0.4 is 4.74 Å². The van der Waals surface area contributed by atoms with Crippen LogP contribution in [0.4, 0.5) is 4.79 Å². The minimum Gasteiger partial charge on any atom is -0.481 e. The molecule has 0 spiro atoms. The van der Waals surface area contributed by atoms with E-state index in [2.05, 4.69) is 41.4 Å². The van der Waals surface area contributed by atoms with Crippen molar-refractivity contribution in [1.82, 2.24) is 9.88 Å². The van der Waals surface area contributed by atoms with Crippen LogP contribution in [0.15, 0.2) is 78.9 Å². The van der Waals surface area contributed by atoms with Crippen molar-refractivity contribution in [1.29, 1.82) is 0 Å². The smallest absolute Gasteiger partial charge is 0.410 e. The summed E-state index contributed by atoms with van der Waals surface area (Å²) in [4.78, 5) is 33.3. The quantitative estimate of drug-likeness (QED) is 0.278. The number of hydrogen-bond acceptors (Lipinski definition) is 5. The predicted octanol–water partition coefficient (Wildman–Crippen LogP) is 6.62. The molecule has 3 heterocycles. The molecule has 2 saturated heterocycles. The molecule has 1 amide bonds. The van der Waals surface area contributed by atoms with Crippen LogP contribution in [0.3, 0.4) is 0 Å². The highest BCUT2D eigenvalue weighted by Gasteiger charge is 2.46. The molecule has 2 aliphatic heterocycles. The molecule has 7 rings (SSSR count). The fourth-order valence-electron chi connectivity index (χ4n) is 6.97. The molecule has 6 nitrogen and oxygen atoms in total. The van der Waals surface area contributed by atoms with Gasteiger partial charge in [0, 0.05) is 40.9 Å². The predicted molar refractivity (Wildman–Crippen MR) is 149 cm³/mol. The van der Waals surface area contributed by atoms with Gasteiger partial charge in [-0.3, -0.25) is 4.79 Å². The van der Waals surface area contributed by atoms with Crippen molar-refractivity contribution in [3.8, 4) is 17.0 Å². The van der Waals surface area contributed by atoms with Crippen LogP contribution in [0.25, 0.3) is 22.0 Å². The Morgan fingerprint density at radius 1 is 0.872 bits per heavy atom. The number of pyridine rings is 1. The van der Waals surface area contributed by atoms with E-state index >= 15 is 0 Å². The number of rotatable bonds is 5. The molecular formula is C33H30N2O4. The molecule has 4 aromatic rings. The first-order chi connectivity index (χ1) is 19.1. The fraction of sp³-hybridized carbons (Fsp3) is 0.303. The van der Waals surface area contributed by atoms with Gasteiger partial charge >= 0.3 is 6.09 Å². The van der Waals surface area contributed by atoms with Gasteiger partial charge in [0.1, 0.15) is 6.61 Å². The number of carbonyl (C=O) groups is 2. The highest BCUT2D eigenvalue weighted by molar-refractivity contribution is 6.01. The third kappa shape index (κ3) is 4.06. The number of carbonyl (C=O) groups excluding carboxylic acids is 2. The lowest BCUT2D eigenvalue weighted by molar-refractivity contribution is 0.0506. The van der Waals surface area contributed by atoms with Crippen LogP contribution in [-0.2, 0) is 4.74 Å². The molecule has 0 N–H and O–H groups in total. The van der Waals surface area contributed by atoms with Crippen molar-refractivity contribution < 1.29 is 19.1 Å².